The lowest BCUT2D eigenvalue weighted by molar-refractivity contribution is -0.136. The number of fused-ring (bicyclic) bond motifs is 1. The van der Waals surface area contributed by atoms with Gasteiger partial charge in [0, 0.05) is 26.1 Å². The number of hydrogen-bond donors (Lipinski definition) is 1. The number of amides is 1. The van der Waals surface area contributed by atoms with Gasteiger partial charge in [0.25, 0.3) is 0 Å². The van der Waals surface area contributed by atoms with Gasteiger partial charge in [0.1, 0.15) is 0 Å². The summed E-state index contributed by atoms with van der Waals surface area (Å²) >= 11 is 0. The van der Waals surface area contributed by atoms with Crippen LogP contribution in [0.3, 0.4) is 0 Å². The largest absolute Gasteiger partial charge is 0.383 e. The van der Waals surface area contributed by atoms with Gasteiger partial charge in [-0.1, -0.05) is 0 Å². The van der Waals surface area contributed by atoms with E-state index in [2.05, 4.69) is 0 Å². The standard InChI is InChI=1S/C13H24N2O2/c1-17-6-5-15(4-2-3-14)13(16)12-8-10-7-11(10)9-12/h10-12H,2-9,14H2,1H3. The van der Waals surface area contributed by atoms with Gasteiger partial charge in [0.15, 0.2) is 0 Å². The Morgan fingerprint density at radius 3 is 2.59 bits per heavy atom. The summed E-state index contributed by atoms with van der Waals surface area (Å²) in [6, 6.07) is 0. The molecule has 17 heavy (non-hydrogen) atoms. The zero-order valence-electron chi connectivity index (χ0n) is 10.7. The van der Waals surface area contributed by atoms with E-state index in [-0.39, 0.29) is 5.92 Å². The molecule has 0 aromatic rings. The lowest BCUT2D eigenvalue weighted by Gasteiger charge is -2.26. The average Bonchev–Trinajstić information content (AvgIpc) is 2.96. The fourth-order valence-electron chi connectivity index (χ4n) is 2.99. The van der Waals surface area contributed by atoms with Gasteiger partial charge in [-0.3, -0.25) is 4.79 Å². The van der Waals surface area contributed by atoms with E-state index in [1.807, 2.05) is 4.90 Å². The zero-order valence-corrected chi connectivity index (χ0v) is 10.7. The molecular formula is C13H24N2O2. The molecule has 0 aromatic heterocycles. The Balaban J connectivity index is 1.82. The van der Waals surface area contributed by atoms with Gasteiger partial charge >= 0.3 is 0 Å². The van der Waals surface area contributed by atoms with Crippen LogP contribution in [0.5, 0.6) is 0 Å². The van der Waals surface area contributed by atoms with E-state index in [0.717, 1.165) is 37.6 Å². The van der Waals surface area contributed by atoms with Crippen LogP contribution < -0.4 is 5.73 Å². The van der Waals surface area contributed by atoms with E-state index < -0.39 is 0 Å². The molecular weight excluding hydrogens is 216 g/mol. The van der Waals surface area contributed by atoms with E-state index in [4.69, 9.17) is 10.5 Å². The molecule has 0 heterocycles. The number of methoxy groups -OCH3 is 1. The number of carbonyl (C=O) groups excluding carboxylic acids is 1. The normalized spacial score (nSPS) is 30.1. The molecule has 2 atom stereocenters. The number of nitrogens with zero attached hydrogens (tertiary/aromatic N) is 1. The van der Waals surface area contributed by atoms with Crippen molar-refractivity contribution < 1.29 is 9.53 Å². The predicted octanol–water partition coefficient (Wildman–Crippen LogP) is 0.856. The highest BCUT2D eigenvalue weighted by atomic mass is 16.5. The molecule has 2 fully saturated rings. The first-order chi connectivity index (χ1) is 8.26. The van der Waals surface area contributed by atoms with Crippen LogP contribution in [0.25, 0.3) is 0 Å². The van der Waals surface area contributed by atoms with E-state index >= 15 is 0 Å². The Labute approximate surface area is 103 Å². The highest BCUT2D eigenvalue weighted by Gasteiger charge is 2.48. The highest BCUT2D eigenvalue weighted by Crippen LogP contribution is 2.54. The molecule has 0 bridgehead atoms. The van der Waals surface area contributed by atoms with Gasteiger partial charge in [-0.15, -0.1) is 0 Å². The number of ether oxygens (including phenoxy) is 1. The van der Waals surface area contributed by atoms with Crippen molar-refractivity contribution in [3.05, 3.63) is 0 Å². The first kappa shape index (κ1) is 12.8. The minimum atomic E-state index is 0.286. The topological polar surface area (TPSA) is 55.6 Å². The van der Waals surface area contributed by atoms with Crippen molar-refractivity contribution in [2.45, 2.75) is 25.7 Å². The first-order valence-corrected chi connectivity index (χ1v) is 6.74. The van der Waals surface area contributed by atoms with Crippen LogP contribution in [0, 0.1) is 17.8 Å². The molecule has 0 spiro atoms. The Morgan fingerprint density at radius 1 is 1.29 bits per heavy atom. The van der Waals surface area contributed by atoms with Gasteiger partial charge < -0.3 is 15.4 Å². The second kappa shape index (κ2) is 5.83. The van der Waals surface area contributed by atoms with E-state index in [1.54, 1.807) is 7.11 Å². The van der Waals surface area contributed by atoms with Crippen LogP contribution >= 0.6 is 0 Å². The van der Waals surface area contributed by atoms with Crippen molar-refractivity contribution in [2.75, 3.05) is 33.4 Å². The molecule has 0 aliphatic heterocycles. The van der Waals surface area contributed by atoms with Crippen molar-refractivity contribution in [3.63, 3.8) is 0 Å². The van der Waals surface area contributed by atoms with E-state index in [1.165, 1.54) is 6.42 Å². The molecule has 1 amide bonds. The molecule has 4 heteroatoms. The Kier molecular flexibility index (Phi) is 4.40. The summed E-state index contributed by atoms with van der Waals surface area (Å²) in [5, 5.41) is 0. The molecule has 98 valence electrons. The summed E-state index contributed by atoms with van der Waals surface area (Å²) < 4.78 is 5.07. The third-order valence-corrected chi connectivity index (χ3v) is 4.10. The minimum Gasteiger partial charge on any atom is -0.383 e. The molecule has 2 aliphatic carbocycles. The van der Waals surface area contributed by atoms with Gasteiger partial charge in [-0.2, -0.15) is 0 Å². The lowest BCUT2D eigenvalue weighted by atomic mass is 10.0. The SMILES string of the molecule is COCCN(CCCN)C(=O)C1CC2CC2C1. The third-order valence-electron chi connectivity index (χ3n) is 4.10. The van der Waals surface area contributed by atoms with Crippen LogP contribution in [0.1, 0.15) is 25.7 Å². The summed E-state index contributed by atoms with van der Waals surface area (Å²) in [5.74, 6) is 2.35. The highest BCUT2D eigenvalue weighted by molar-refractivity contribution is 5.79. The number of nitrogens with two attached hydrogens (primary N) is 1. The van der Waals surface area contributed by atoms with Crippen LogP contribution in [0.15, 0.2) is 0 Å². The van der Waals surface area contributed by atoms with Crippen molar-refractivity contribution in [1.82, 2.24) is 4.90 Å². The molecule has 2 rings (SSSR count). The van der Waals surface area contributed by atoms with Crippen LogP contribution in [0.4, 0.5) is 0 Å². The van der Waals surface area contributed by atoms with Crippen molar-refractivity contribution in [1.29, 1.82) is 0 Å². The van der Waals surface area contributed by atoms with Gasteiger partial charge in [0.2, 0.25) is 5.91 Å². The molecule has 2 saturated carbocycles. The summed E-state index contributed by atoms with van der Waals surface area (Å²) in [6.45, 7) is 2.76. The van der Waals surface area contributed by atoms with Crippen molar-refractivity contribution in [3.8, 4) is 0 Å². The maximum absolute atomic E-state index is 12.4. The summed E-state index contributed by atoms with van der Waals surface area (Å²) in [7, 11) is 1.68. The summed E-state index contributed by atoms with van der Waals surface area (Å²) in [4.78, 5) is 14.3. The average molecular weight is 240 g/mol. The van der Waals surface area contributed by atoms with Crippen molar-refractivity contribution in [2.24, 2.45) is 23.5 Å². The summed E-state index contributed by atoms with van der Waals surface area (Å²) in [5.41, 5.74) is 5.52. The van der Waals surface area contributed by atoms with Crippen molar-refractivity contribution >= 4 is 5.91 Å². The van der Waals surface area contributed by atoms with Gasteiger partial charge in [-0.05, 0) is 44.1 Å². The molecule has 0 aromatic carbocycles. The van der Waals surface area contributed by atoms with Gasteiger partial charge in [-0.25, -0.2) is 0 Å². The fraction of sp³-hybridized carbons (Fsp3) is 0.923. The van der Waals surface area contributed by atoms with E-state index in [9.17, 15) is 4.79 Å². The molecule has 4 nitrogen and oxygen atoms in total. The fourth-order valence-corrected chi connectivity index (χ4v) is 2.99. The zero-order chi connectivity index (χ0) is 12.3. The van der Waals surface area contributed by atoms with Crippen LogP contribution in [-0.4, -0.2) is 44.2 Å². The predicted molar refractivity (Wildman–Crippen MR) is 66.4 cm³/mol. The number of rotatable bonds is 7. The second-order valence-electron chi connectivity index (χ2n) is 5.38. The summed E-state index contributed by atoms with van der Waals surface area (Å²) in [6.07, 6.45) is 4.49. The quantitative estimate of drug-likeness (QED) is 0.718. The number of carbonyl (C=O) groups is 1. The Hall–Kier alpha value is -0.610. The van der Waals surface area contributed by atoms with Crippen LogP contribution in [-0.2, 0) is 9.53 Å². The molecule has 2 N–H and O–H groups in total. The maximum atomic E-state index is 12.4. The molecule has 0 saturated heterocycles. The van der Waals surface area contributed by atoms with E-state index in [0.29, 0.717) is 25.6 Å². The first-order valence-electron chi connectivity index (χ1n) is 6.74. The Morgan fingerprint density at radius 2 is 2.00 bits per heavy atom. The Bertz CT molecular complexity index is 252. The molecule has 0 radical (unpaired) electrons. The second-order valence-corrected chi connectivity index (χ2v) is 5.38. The smallest absolute Gasteiger partial charge is 0.225 e. The molecule has 2 aliphatic rings. The molecule has 2 unspecified atom stereocenters. The van der Waals surface area contributed by atoms with Crippen LogP contribution in [0.2, 0.25) is 0 Å². The third kappa shape index (κ3) is 3.19. The lowest BCUT2D eigenvalue weighted by Crippen LogP contribution is -2.39. The maximum Gasteiger partial charge on any atom is 0.225 e. The number of hydrogen-bond acceptors (Lipinski definition) is 3. The minimum absolute atomic E-state index is 0.286. The monoisotopic (exact) mass is 240 g/mol. The van der Waals surface area contributed by atoms with Gasteiger partial charge in [0.05, 0.1) is 6.61 Å².